The summed E-state index contributed by atoms with van der Waals surface area (Å²) in [6.45, 7) is 2.50. The maximum absolute atomic E-state index is 14.0. The molecule has 4 rings (SSSR count). The van der Waals surface area contributed by atoms with E-state index in [1.165, 1.54) is 22.7 Å². The minimum Gasteiger partial charge on any atom is -0.494 e. The van der Waals surface area contributed by atoms with Gasteiger partial charge >= 0.3 is 0 Å². The monoisotopic (exact) mass is 401 g/mol. The van der Waals surface area contributed by atoms with E-state index in [0.29, 0.717) is 21.9 Å². The van der Waals surface area contributed by atoms with E-state index < -0.39 is 5.82 Å². The van der Waals surface area contributed by atoms with E-state index >= 15 is 0 Å². The van der Waals surface area contributed by atoms with Crippen molar-refractivity contribution in [3.63, 3.8) is 0 Å². The number of ether oxygens (including phenoxy) is 1. The van der Waals surface area contributed by atoms with E-state index in [2.05, 4.69) is 10.1 Å². The molecule has 5 nitrogen and oxygen atoms in total. The number of nitrogens with zero attached hydrogens (tertiary/aromatic N) is 3. The fraction of sp³-hybridized carbons (Fsp3) is 0.105. The molecule has 0 atom stereocenters. The van der Waals surface area contributed by atoms with Crippen LogP contribution in [0.4, 0.5) is 4.39 Å². The van der Waals surface area contributed by atoms with Gasteiger partial charge in [-0.15, -0.1) is 5.10 Å². The first-order chi connectivity index (χ1) is 13.1. The Kier molecular flexibility index (Phi) is 4.63. The van der Waals surface area contributed by atoms with Crippen LogP contribution in [-0.4, -0.2) is 21.2 Å². The van der Waals surface area contributed by atoms with E-state index in [1.54, 1.807) is 6.07 Å². The van der Waals surface area contributed by atoms with Crippen LogP contribution in [0.5, 0.6) is 5.75 Å². The van der Waals surface area contributed by atoms with E-state index in [4.69, 9.17) is 16.3 Å². The van der Waals surface area contributed by atoms with E-state index in [9.17, 15) is 9.18 Å². The zero-order valence-electron chi connectivity index (χ0n) is 14.1. The van der Waals surface area contributed by atoms with Crippen molar-refractivity contribution in [2.75, 3.05) is 6.61 Å². The lowest BCUT2D eigenvalue weighted by molar-refractivity contribution is 0.340. The highest BCUT2D eigenvalue weighted by Crippen LogP contribution is 2.21. The van der Waals surface area contributed by atoms with Gasteiger partial charge in [0, 0.05) is 11.1 Å². The zero-order chi connectivity index (χ0) is 19.0. The SMILES string of the molecule is CCOc1ccc(-c2nc3s/c(=C\c4c(F)cccc4Cl)c(=O)n3n2)cc1. The first-order valence-electron chi connectivity index (χ1n) is 8.15. The molecule has 136 valence electrons. The third-order valence-corrected chi connectivity index (χ3v) is 5.17. The molecule has 0 saturated heterocycles. The second kappa shape index (κ2) is 7.09. The summed E-state index contributed by atoms with van der Waals surface area (Å²) in [7, 11) is 0. The molecule has 27 heavy (non-hydrogen) atoms. The van der Waals surface area contributed by atoms with Crippen LogP contribution in [0.3, 0.4) is 0 Å². The Bertz CT molecular complexity index is 1210. The number of hydrogen-bond acceptors (Lipinski definition) is 5. The third-order valence-electron chi connectivity index (χ3n) is 3.88. The first-order valence-corrected chi connectivity index (χ1v) is 9.35. The number of rotatable bonds is 4. The van der Waals surface area contributed by atoms with Crippen molar-refractivity contribution in [3.8, 4) is 17.1 Å². The summed E-state index contributed by atoms with van der Waals surface area (Å²) >= 11 is 7.16. The molecule has 0 N–H and O–H groups in total. The Balaban J connectivity index is 1.76. The molecular weight excluding hydrogens is 389 g/mol. The smallest absolute Gasteiger partial charge is 0.291 e. The lowest BCUT2D eigenvalue weighted by Gasteiger charge is -2.02. The maximum atomic E-state index is 14.0. The van der Waals surface area contributed by atoms with Gasteiger partial charge in [-0.3, -0.25) is 4.79 Å². The van der Waals surface area contributed by atoms with Gasteiger partial charge in [0.15, 0.2) is 5.82 Å². The molecule has 0 unspecified atom stereocenters. The summed E-state index contributed by atoms with van der Waals surface area (Å²) in [5.41, 5.74) is 0.586. The fourth-order valence-corrected chi connectivity index (χ4v) is 3.71. The molecule has 0 bridgehead atoms. The van der Waals surface area contributed by atoms with Gasteiger partial charge < -0.3 is 4.74 Å². The van der Waals surface area contributed by atoms with Gasteiger partial charge in [-0.1, -0.05) is 29.0 Å². The largest absolute Gasteiger partial charge is 0.494 e. The summed E-state index contributed by atoms with van der Waals surface area (Å²) in [5, 5.41) is 4.52. The predicted molar refractivity (Wildman–Crippen MR) is 104 cm³/mol. The van der Waals surface area contributed by atoms with Crippen molar-refractivity contribution in [1.29, 1.82) is 0 Å². The van der Waals surface area contributed by atoms with Crippen molar-refractivity contribution < 1.29 is 9.13 Å². The Hall–Kier alpha value is -2.77. The molecule has 8 heteroatoms. The second-order valence-corrected chi connectivity index (χ2v) is 7.05. The molecule has 0 fully saturated rings. The van der Waals surface area contributed by atoms with Crippen molar-refractivity contribution >= 4 is 34.0 Å². The van der Waals surface area contributed by atoms with Crippen LogP contribution in [0.2, 0.25) is 5.02 Å². The Morgan fingerprint density at radius 2 is 2.04 bits per heavy atom. The second-order valence-electron chi connectivity index (χ2n) is 5.64. The molecule has 4 aromatic rings. The third kappa shape index (κ3) is 3.31. The fourth-order valence-electron chi connectivity index (χ4n) is 2.60. The van der Waals surface area contributed by atoms with Crippen LogP contribution in [0.1, 0.15) is 12.5 Å². The van der Waals surface area contributed by atoms with Crippen molar-refractivity contribution in [2.24, 2.45) is 0 Å². The van der Waals surface area contributed by atoms with Crippen LogP contribution in [-0.2, 0) is 0 Å². The van der Waals surface area contributed by atoms with Gasteiger partial charge in [-0.25, -0.2) is 4.39 Å². The number of halogens is 2. The quantitative estimate of drug-likeness (QED) is 0.524. The van der Waals surface area contributed by atoms with Gasteiger partial charge in [0.1, 0.15) is 11.6 Å². The van der Waals surface area contributed by atoms with Crippen LogP contribution < -0.4 is 14.8 Å². The Labute approximate surface area is 162 Å². The highest BCUT2D eigenvalue weighted by Gasteiger charge is 2.13. The average molecular weight is 402 g/mol. The molecule has 0 aliphatic heterocycles. The van der Waals surface area contributed by atoms with E-state index in [0.717, 1.165) is 22.6 Å². The number of hydrogen-bond donors (Lipinski definition) is 0. The van der Waals surface area contributed by atoms with Gasteiger partial charge in [-0.2, -0.15) is 9.50 Å². The normalized spacial score (nSPS) is 12.0. The highest BCUT2D eigenvalue weighted by molar-refractivity contribution is 7.15. The molecule has 2 aromatic carbocycles. The number of thiazole rings is 1. The van der Waals surface area contributed by atoms with Crippen molar-refractivity contribution in [1.82, 2.24) is 14.6 Å². The van der Waals surface area contributed by atoms with E-state index in [-0.39, 0.29) is 16.1 Å². The summed E-state index contributed by atoms with van der Waals surface area (Å²) in [5.74, 6) is 0.707. The summed E-state index contributed by atoms with van der Waals surface area (Å²) in [6, 6.07) is 11.7. The first kappa shape index (κ1) is 17.6. The molecule has 0 spiro atoms. The Morgan fingerprint density at radius 3 is 2.70 bits per heavy atom. The molecule has 0 aliphatic rings. The molecule has 2 aromatic heterocycles. The minimum absolute atomic E-state index is 0.174. The minimum atomic E-state index is -0.490. The predicted octanol–water partition coefficient (Wildman–Crippen LogP) is 3.56. The van der Waals surface area contributed by atoms with Gasteiger partial charge in [0.05, 0.1) is 16.2 Å². The van der Waals surface area contributed by atoms with Crippen molar-refractivity contribution in [3.05, 3.63) is 73.8 Å². The van der Waals surface area contributed by atoms with Gasteiger partial charge in [0.2, 0.25) is 4.96 Å². The lowest BCUT2D eigenvalue weighted by Crippen LogP contribution is -2.23. The maximum Gasteiger partial charge on any atom is 0.291 e. The zero-order valence-corrected chi connectivity index (χ0v) is 15.7. The lowest BCUT2D eigenvalue weighted by atomic mass is 10.2. The average Bonchev–Trinajstić information content (AvgIpc) is 3.19. The number of aromatic nitrogens is 3. The van der Waals surface area contributed by atoms with Crippen LogP contribution in [0, 0.1) is 5.82 Å². The van der Waals surface area contributed by atoms with Crippen LogP contribution in [0.25, 0.3) is 22.4 Å². The topological polar surface area (TPSA) is 56.5 Å². The molecule has 2 heterocycles. The van der Waals surface area contributed by atoms with E-state index in [1.807, 2.05) is 31.2 Å². The molecule has 0 saturated carbocycles. The van der Waals surface area contributed by atoms with Crippen LogP contribution in [0.15, 0.2) is 47.3 Å². The standard InChI is InChI=1S/C19H13ClFN3O2S/c1-2-26-12-8-6-11(7-9-12)17-22-19-24(23-17)18(25)16(27-19)10-13-14(20)4-3-5-15(13)21/h3-10H,2H2,1H3/b16-10-. The highest BCUT2D eigenvalue weighted by atomic mass is 35.5. The summed E-state index contributed by atoms with van der Waals surface area (Å²) in [4.78, 5) is 17.4. The molecule has 0 aliphatic carbocycles. The van der Waals surface area contributed by atoms with Crippen LogP contribution >= 0.6 is 22.9 Å². The molecule has 0 amide bonds. The number of fused-ring (bicyclic) bond motifs is 1. The van der Waals surface area contributed by atoms with Crippen molar-refractivity contribution in [2.45, 2.75) is 6.92 Å². The summed E-state index contributed by atoms with van der Waals surface area (Å²) in [6.07, 6.45) is 1.43. The van der Waals surface area contributed by atoms with Gasteiger partial charge in [0.25, 0.3) is 5.56 Å². The molecular formula is C19H13ClFN3O2S. The summed E-state index contributed by atoms with van der Waals surface area (Å²) < 4.78 is 20.9. The molecule has 0 radical (unpaired) electrons. The number of benzene rings is 2. The van der Waals surface area contributed by atoms with Gasteiger partial charge in [-0.05, 0) is 49.4 Å². The Morgan fingerprint density at radius 1 is 1.26 bits per heavy atom.